The zero-order valence-corrected chi connectivity index (χ0v) is 10.9. The molecule has 0 bridgehead atoms. The van der Waals surface area contributed by atoms with Gasteiger partial charge in [0, 0.05) is 23.7 Å². The van der Waals surface area contributed by atoms with E-state index in [1.54, 1.807) is 17.5 Å². The number of nitro groups is 1. The van der Waals surface area contributed by atoms with Crippen LogP contribution < -0.4 is 10.1 Å². The topological polar surface area (TPSA) is 64.4 Å². The van der Waals surface area contributed by atoms with E-state index in [1.165, 1.54) is 18.2 Å². The largest absolute Gasteiger partial charge is 0.435 e. The minimum Gasteiger partial charge on any atom is -0.435 e. The first-order chi connectivity index (χ1) is 9.54. The molecule has 1 aromatic carbocycles. The monoisotopic (exact) mass is 300 g/mol. The third-order valence-electron chi connectivity index (χ3n) is 2.40. The van der Waals surface area contributed by atoms with E-state index in [-0.39, 0.29) is 10.8 Å². The number of benzene rings is 1. The van der Waals surface area contributed by atoms with Crippen LogP contribution in [0.25, 0.3) is 0 Å². The van der Waals surface area contributed by atoms with Gasteiger partial charge < -0.3 is 10.1 Å². The molecule has 8 heteroatoms. The van der Waals surface area contributed by atoms with Gasteiger partial charge in [-0.15, -0.1) is 0 Å². The van der Waals surface area contributed by atoms with Crippen molar-refractivity contribution in [3.8, 4) is 5.75 Å². The highest BCUT2D eigenvalue weighted by Crippen LogP contribution is 2.24. The molecule has 0 unspecified atom stereocenters. The van der Waals surface area contributed by atoms with E-state index in [1.807, 2.05) is 0 Å². The maximum atomic E-state index is 12.0. The Balaban J connectivity index is 1.91. The van der Waals surface area contributed by atoms with Crippen LogP contribution in [-0.2, 0) is 6.54 Å². The summed E-state index contributed by atoms with van der Waals surface area (Å²) in [5.41, 5.74) is 1.50. The normalized spacial score (nSPS) is 10.6. The van der Waals surface area contributed by atoms with Gasteiger partial charge in [0.25, 0.3) is 0 Å². The van der Waals surface area contributed by atoms with Crippen molar-refractivity contribution in [2.45, 2.75) is 13.2 Å². The molecule has 0 aliphatic heterocycles. The molecule has 1 heterocycles. The molecule has 0 aliphatic carbocycles. The molecule has 2 aromatic rings. The molecule has 106 valence electrons. The van der Waals surface area contributed by atoms with E-state index >= 15 is 0 Å². The second-order valence-corrected chi connectivity index (χ2v) is 4.70. The van der Waals surface area contributed by atoms with Gasteiger partial charge in [0.15, 0.2) is 0 Å². The molecule has 0 saturated heterocycles. The van der Waals surface area contributed by atoms with Crippen LogP contribution in [0.1, 0.15) is 5.56 Å². The van der Waals surface area contributed by atoms with E-state index in [4.69, 9.17) is 0 Å². The number of halogens is 2. The molecular formula is C12H10F2N2O3S. The third kappa shape index (κ3) is 3.89. The number of alkyl halides is 2. The Labute approximate surface area is 117 Å². The van der Waals surface area contributed by atoms with Gasteiger partial charge >= 0.3 is 11.6 Å². The summed E-state index contributed by atoms with van der Waals surface area (Å²) in [7, 11) is 0. The van der Waals surface area contributed by atoms with Crippen LogP contribution >= 0.6 is 11.3 Å². The fourth-order valence-electron chi connectivity index (χ4n) is 1.51. The van der Waals surface area contributed by atoms with Gasteiger partial charge in [-0.1, -0.05) is 11.3 Å². The predicted molar refractivity (Wildman–Crippen MR) is 71.4 cm³/mol. The molecule has 0 aliphatic rings. The second-order valence-electron chi connectivity index (χ2n) is 3.81. The maximum Gasteiger partial charge on any atom is 0.387 e. The van der Waals surface area contributed by atoms with Crippen molar-refractivity contribution in [1.29, 1.82) is 0 Å². The highest BCUT2D eigenvalue weighted by molar-refractivity contribution is 7.13. The van der Waals surface area contributed by atoms with E-state index < -0.39 is 11.5 Å². The highest BCUT2D eigenvalue weighted by Gasteiger charge is 2.09. The van der Waals surface area contributed by atoms with Crippen molar-refractivity contribution in [2.24, 2.45) is 0 Å². The van der Waals surface area contributed by atoms with Gasteiger partial charge in [-0.05, 0) is 29.8 Å². The molecule has 0 radical (unpaired) electrons. The number of nitrogens with zero attached hydrogens (tertiary/aromatic N) is 1. The van der Waals surface area contributed by atoms with Crippen molar-refractivity contribution in [3.63, 3.8) is 0 Å². The fourth-order valence-corrected chi connectivity index (χ4v) is 2.24. The van der Waals surface area contributed by atoms with Crippen LogP contribution in [0.2, 0.25) is 0 Å². The molecular weight excluding hydrogens is 290 g/mol. The van der Waals surface area contributed by atoms with Crippen molar-refractivity contribution in [1.82, 2.24) is 0 Å². The molecule has 0 atom stereocenters. The summed E-state index contributed by atoms with van der Waals surface area (Å²) in [6.07, 6.45) is 0. The minimum atomic E-state index is -2.85. The van der Waals surface area contributed by atoms with Gasteiger partial charge in [0.2, 0.25) is 0 Å². The number of anilines is 1. The Morgan fingerprint density at radius 2 is 2.05 bits per heavy atom. The molecule has 1 N–H and O–H groups in total. The molecule has 0 amide bonds. The third-order valence-corrected chi connectivity index (χ3v) is 3.32. The summed E-state index contributed by atoms with van der Waals surface area (Å²) in [6.45, 7) is -2.43. The lowest BCUT2D eigenvalue weighted by molar-refractivity contribution is -0.380. The standard InChI is InChI=1S/C12H10F2N2O3S/c13-12(14)19-10-3-1-9(2-4-10)15-6-8-5-11(16(17)18)20-7-8/h1-5,7,12,15H,6H2. The zero-order valence-electron chi connectivity index (χ0n) is 10.1. The number of ether oxygens (including phenoxy) is 1. The predicted octanol–water partition coefficient (Wildman–Crippen LogP) is 3.87. The quantitative estimate of drug-likeness (QED) is 0.649. The number of rotatable bonds is 6. The van der Waals surface area contributed by atoms with Crippen molar-refractivity contribution in [2.75, 3.05) is 5.32 Å². The Morgan fingerprint density at radius 1 is 1.35 bits per heavy atom. The SMILES string of the molecule is O=[N+]([O-])c1cc(CNc2ccc(OC(F)F)cc2)cs1. The maximum absolute atomic E-state index is 12.0. The molecule has 0 spiro atoms. The smallest absolute Gasteiger partial charge is 0.387 e. The number of hydrogen-bond donors (Lipinski definition) is 1. The summed E-state index contributed by atoms with van der Waals surface area (Å²) in [4.78, 5) is 10.1. The lowest BCUT2D eigenvalue weighted by Crippen LogP contribution is -2.02. The number of thiophene rings is 1. The van der Waals surface area contributed by atoms with E-state index in [2.05, 4.69) is 10.1 Å². The Kier molecular flexibility index (Phi) is 4.46. The molecule has 5 nitrogen and oxygen atoms in total. The molecule has 20 heavy (non-hydrogen) atoms. The van der Waals surface area contributed by atoms with Crippen LogP contribution in [-0.4, -0.2) is 11.5 Å². The van der Waals surface area contributed by atoms with Gasteiger partial charge in [-0.25, -0.2) is 0 Å². The van der Waals surface area contributed by atoms with Crippen LogP contribution in [0, 0.1) is 10.1 Å². The fraction of sp³-hybridized carbons (Fsp3) is 0.167. The van der Waals surface area contributed by atoms with E-state index in [9.17, 15) is 18.9 Å². The first kappa shape index (κ1) is 14.2. The minimum absolute atomic E-state index is 0.0803. The summed E-state index contributed by atoms with van der Waals surface area (Å²) in [5, 5.41) is 15.3. The number of hydrogen-bond acceptors (Lipinski definition) is 5. The van der Waals surface area contributed by atoms with Gasteiger partial charge in [-0.3, -0.25) is 10.1 Å². The van der Waals surface area contributed by atoms with Gasteiger partial charge in [0.1, 0.15) is 5.75 Å². The van der Waals surface area contributed by atoms with Crippen LogP contribution in [0.3, 0.4) is 0 Å². The first-order valence-corrected chi connectivity index (χ1v) is 6.43. The zero-order chi connectivity index (χ0) is 14.5. The van der Waals surface area contributed by atoms with Gasteiger partial charge in [0.05, 0.1) is 4.92 Å². The average molecular weight is 300 g/mol. The lowest BCUT2D eigenvalue weighted by Gasteiger charge is -2.07. The molecule has 0 saturated carbocycles. The van der Waals surface area contributed by atoms with Crippen molar-refractivity contribution >= 4 is 22.0 Å². The van der Waals surface area contributed by atoms with Crippen LogP contribution in [0.15, 0.2) is 35.7 Å². The molecule has 1 aromatic heterocycles. The summed E-state index contributed by atoms with van der Waals surface area (Å²) in [6, 6.07) is 7.53. The summed E-state index contributed by atoms with van der Waals surface area (Å²) in [5.74, 6) is 0.0803. The van der Waals surface area contributed by atoms with Crippen LogP contribution in [0.5, 0.6) is 5.75 Å². The lowest BCUT2D eigenvalue weighted by atomic mass is 10.3. The second kappa shape index (κ2) is 6.29. The first-order valence-electron chi connectivity index (χ1n) is 5.55. The van der Waals surface area contributed by atoms with Gasteiger partial charge in [-0.2, -0.15) is 8.78 Å². The molecule has 0 fully saturated rings. The Bertz CT molecular complexity index is 587. The highest BCUT2D eigenvalue weighted by atomic mass is 32.1. The van der Waals surface area contributed by atoms with E-state index in [0.29, 0.717) is 12.2 Å². The van der Waals surface area contributed by atoms with Crippen molar-refractivity contribution in [3.05, 3.63) is 51.4 Å². The van der Waals surface area contributed by atoms with Crippen molar-refractivity contribution < 1.29 is 18.4 Å². The van der Waals surface area contributed by atoms with E-state index in [0.717, 1.165) is 16.9 Å². The molecule has 2 rings (SSSR count). The average Bonchev–Trinajstić information content (AvgIpc) is 2.86. The summed E-state index contributed by atoms with van der Waals surface area (Å²) < 4.78 is 28.2. The number of nitrogens with one attached hydrogen (secondary N) is 1. The Morgan fingerprint density at radius 3 is 2.60 bits per heavy atom. The summed E-state index contributed by atoms with van der Waals surface area (Å²) >= 11 is 1.06. The van der Waals surface area contributed by atoms with Crippen LogP contribution in [0.4, 0.5) is 19.5 Å². The Hall–Kier alpha value is -2.22.